The Morgan fingerprint density at radius 3 is 2.77 bits per heavy atom. The third-order valence-corrected chi connectivity index (χ3v) is 6.13. The minimum atomic E-state index is -0.141. The van der Waals surface area contributed by atoms with Gasteiger partial charge in [0.15, 0.2) is 5.69 Å². The Bertz CT molecular complexity index is 932. The number of benzene rings is 1. The van der Waals surface area contributed by atoms with Crippen molar-refractivity contribution in [1.82, 2.24) is 30.5 Å². The number of amides is 3. The smallest absolute Gasteiger partial charge is 0.317 e. The maximum absolute atomic E-state index is 12.8. The molecule has 8 nitrogen and oxygen atoms in total. The summed E-state index contributed by atoms with van der Waals surface area (Å²) in [4.78, 5) is 26.8. The fourth-order valence-corrected chi connectivity index (χ4v) is 4.49. The summed E-state index contributed by atoms with van der Waals surface area (Å²) in [7, 11) is 0. The summed E-state index contributed by atoms with van der Waals surface area (Å²) in [6.45, 7) is 5.64. The molecule has 1 aromatic heterocycles. The maximum Gasteiger partial charge on any atom is 0.317 e. The van der Waals surface area contributed by atoms with Gasteiger partial charge in [0.05, 0.1) is 11.4 Å². The Morgan fingerprint density at radius 1 is 1.20 bits per heavy atom. The van der Waals surface area contributed by atoms with Crippen LogP contribution in [-0.4, -0.2) is 51.0 Å². The van der Waals surface area contributed by atoms with Gasteiger partial charge < -0.3 is 15.5 Å². The molecule has 4 rings (SSSR count). The highest BCUT2D eigenvalue weighted by molar-refractivity contribution is 5.93. The summed E-state index contributed by atoms with van der Waals surface area (Å²) < 4.78 is 1.76. The third kappa shape index (κ3) is 4.04. The van der Waals surface area contributed by atoms with Crippen molar-refractivity contribution in [3.05, 3.63) is 40.7 Å². The quantitative estimate of drug-likeness (QED) is 0.811. The zero-order chi connectivity index (χ0) is 21.1. The number of fused-ring (bicyclic) bond motifs is 1. The molecule has 1 aliphatic heterocycles. The van der Waals surface area contributed by atoms with Crippen LogP contribution >= 0.6 is 0 Å². The molecule has 160 valence electrons. The molecule has 8 heteroatoms. The van der Waals surface area contributed by atoms with Crippen molar-refractivity contribution < 1.29 is 9.59 Å². The van der Waals surface area contributed by atoms with E-state index in [-0.39, 0.29) is 18.0 Å². The van der Waals surface area contributed by atoms with E-state index >= 15 is 0 Å². The minimum Gasteiger partial charge on any atom is -0.348 e. The lowest BCUT2D eigenvalue weighted by Gasteiger charge is -2.30. The van der Waals surface area contributed by atoms with Crippen LogP contribution in [0.2, 0.25) is 0 Å². The van der Waals surface area contributed by atoms with Crippen molar-refractivity contribution in [2.75, 3.05) is 13.1 Å². The molecule has 0 spiro atoms. The molecule has 1 saturated carbocycles. The lowest BCUT2D eigenvalue weighted by Crippen LogP contribution is -2.42. The molecule has 0 atom stereocenters. The van der Waals surface area contributed by atoms with Crippen LogP contribution in [-0.2, 0) is 13.0 Å². The molecule has 0 unspecified atom stereocenters. The fraction of sp³-hybridized carbons (Fsp3) is 0.545. The SMILES string of the molecule is CCNC(=O)N1CCc2c(cccc2-n2nnc(C(=O)NC3CCCCC3)c2C)C1. The van der Waals surface area contributed by atoms with Crippen LogP contribution in [0.5, 0.6) is 0 Å². The largest absolute Gasteiger partial charge is 0.348 e. The first-order chi connectivity index (χ1) is 14.6. The molecule has 2 heterocycles. The van der Waals surface area contributed by atoms with Gasteiger partial charge in [-0.2, -0.15) is 0 Å². The zero-order valence-electron chi connectivity index (χ0n) is 17.8. The van der Waals surface area contributed by atoms with Crippen LogP contribution in [0.25, 0.3) is 5.69 Å². The van der Waals surface area contributed by atoms with E-state index in [1.807, 2.05) is 36.9 Å². The Labute approximate surface area is 177 Å². The van der Waals surface area contributed by atoms with Crippen LogP contribution in [0.4, 0.5) is 4.79 Å². The molecule has 2 N–H and O–H groups in total. The van der Waals surface area contributed by atoms with Crippen molar-refractivity contribution in [1.29, 1.82) is 0 Å². The molecular weight excluding hydrogens is 380 g/mol. The first-order valence-corrected chi connectivity index (χ1v) is 11.0. The second kappa shape index (κ2) is 8.85. The lowest BCUT2D eigenvalue weighted by molar-refractivity contribution is 0.0922. The van der Waals surface area contributed by atoms with Gasteiger partial charge in [-0.25, -0.2) is 9.48 Å². The maximum atomic E-state index is 12.8. The van der Waals surface area contributed by atoms with Crippen molar-refractivity contribution in [2.24, 2.45) is 0 Å². The number of rotatable bonds is 4. The summed E-state index contributed by atoms with van der Waals surface area (Å²) in [6.07, 6.45) is 6.39. The van der Waals surface area contributed by atoms with Crippen molar-refractivity contribution >= 4 is 11.9 Å². The molecule has 1 aromatic carbocycles. The van der Waals surface area contributed by atoms with Crippen LogP contribution in [0.1, 0.15) is 66.3 Å². The number of carbonyl (C=O) groups excluding carboxylic acids is 2. The number of carbonyl (C=O) groups is 2. The number of nitrogens with zero attached hydrogens (tertiary/aromatic N) is 4. The number of hydrogen-bond donors (Lipinski definition) is 2. The average Bonchev–Trinajstić information content (AvgIpc) is 3.15. The van der Waals surface area contributed by atoms with Gasteiger partial charge in [-0.3, -0.25) is 4.79 Å². The van der Waals surface area contributed by atoms with Gasteiger partial charge in [-0.15, -0.1) is 5.10 Å². The molecule has 0 saturated heterocycles. The van der Waals surface area contributed by atoms with E-state index in [9.17, 15) is 9.59 Å². The Balaban J connectivity index is 1.55. The van der Waals surface area contributed by atoms with Crippen molar-refractivity contribution in [2.45, 2.75) is 65.0 Å². The van der Waals surface area contributed by atoms with E-state index in [1.54, 1.807) is 4.68 Å². The molecular formula is C22H30N6O2. The number of urea groups is 1. The van der Waals surface area contributed by atoms with E-state index in [0.29, 0.717) is 25.3 Å². The highest BCUT2D eigenvalue weighted by Gasteiger charge is 2.26. The summed E-state index contributed by atoms with van der Waals surface area (Å²) in [6, 6.07) is 6.23. The van der Waals surface area contributed by atoms with Gasteiger partial charge in [0.2, 0.25) is 0 Å². The summed E-state index contributed by atoms with van der Waals surface area (Å²) in [5, 5.41) is 14.5. The molecule has 3 amide bonds. The van der Waals surface area contributed by atoms with E-state index in [1.165, 1.54) is 19.3 Å². The highest BCUT2D eigenvalue weighted by Crippen LogP contribution is 2.26. The molecule has 2 aliphatic rings. The minimum absolute atomic E-state index is 0.0350. The van der Waals surface area contributed by atoms with Gasteiger partial charge in [0.1, 0.15) is 0 Å². The van der Waals surface area contributed by atoms with E-state index < -0.39 is 0 Å². The number of nitrogens with one attached hydrogen (secondary N) is 2. The van der Waals surface area contributed by atoms with E-state index in [4.69, 9.17) is 0 Å². The molecule has 2 aromatic rings. The predicted molar refractivity (Wildman–Crippen MR) is 114 cm³/mol. The molecule has 1 fully saturated rings. The molecule has 30 heavy (non-hydrogen) atoms. The first-order valence-electron chi connectivity index (χ1n) is 11.0. The van der Waals surface area contributed by atoms with Gasteiger partial charge in [0, 0.05) is 25.7 Å². The van der Waals surface area contributed by atoms with E-state index in [2.05, 4.69) is 20.9 Å². The molecule has 0 radical (unpaired) electrons. The molecule has 1 aliphatic carbocycles. The second-order valence-corrected chi connectivity index (χ2v) is 8.17. The highest BCUT2D eigenvalue weighted by atomic mass is 16.2. The van der Waals surface area contributed by atoms with Crippen molar-refractivity contribution in [3.63, 3.8) is 0 Å². The van der Waals surface area contributed by atoms with Gasteiger partial charge in [-0.05, 0) is 50.3 Å². The van der Waals surface area contributed by atoms with Crippen LogP contribution in [0.3, 0.4) is 0 Å². The fourth-order valence-electron chi connectivity index (χ4n) is 4.49. The molecule has 0 bridgehead atoms. The van der Waals surface area contributed by atoms with Gasteiger partial charge in [0.25, 0.3) is 5.91 Å². The van der Waals surface area contributed by atoms with Gasteiger partial charge >= 0.3 is 6.03 Å². The summed E-state index contributed by atoms with van der Waals surface area (Å²) in [5.74, 6) is -0.141. The Hall–Kier alpha value is -2.90. The van der Waals surface area contributed by atoms with Crippen molar-refractivity contribution in [3.8, 4) is 5.69 Å². The Morgan fingerprint density at radius 2 is 2.00 bits per heavy atom. The van der Waals surface area contributed by atoms with Crippen LogP contribution in [0.15, 0.2) is 18.2 Å². The number of aromatic nitrogens is 3. The summed E-state index contributed by atoms with van der Waals surface area (Å²) >= 11 is 0. The lowest BCUT2D eigenvalue weighted by atomic mass is 9.95. The van der Waals surface area contributed by atoms with Crippen LogP contribution < -0.4 is 10.6 Å². The third-order valence-electron chi connectivity index (χ3n) is 6.13. The second-order valence-electron chi connectivity index (χ2n) is 8.17. The average molecular weight is 411 g/mol. The first kappa shape index (κ1) is 20.4. The monoisotopic (exact) mass is 410 g/mol. The normalized spacial score (nSPS) is 16.8. The summed E-state index contributed by atoms with van der Waals surface area (Å²) in [5.41, 5.74) is 4.32. The zero-order valence-corrected chi connectivity index (χ0v) is 17.8. The van der Waals surface area contributed by atoms with E-state index in [0.717, 1.165) is 41.8 Å². The topological polar surface area (TPSA) is 92.2 Å². The predicted octanol–water partition coefficient (Wildman–Crippen LogP) is 2.73. The van der Waals surface area contributed by atoms with Gasteiger partial charge in [-0.1, -0.05) is 36.6 Å². The Kier molecular flexibility index (Phi) is 6.01. The number of hydrogen-bond acceptors (Lipinski definition) is 4. The van der Waals surface area contributed by atoms with Crippen LogP contribution in [0, 0.1) is 6.92 Å². The standard InChI is InChI=1S/C22H30N6O2/c1-3-23-22(30)27-13-12-18-16(14-27)8-7-11-19(18)28-15(2)20(25-26-28)21(29)24-17-9-5-4-6-10-17/h7-8,11,17H,3-6,9-10,12-14H2,1-2H3,(H,23,30)(H,24,29).